The predicted molar refractivity (Wildman–Crippen MR) is 65.3 cm³/mol. The van der Waals surface area contributed by atoms with Gasteiger partial charge in [-0.15, -0.1) is 12.3 Å². The fraction of sp³-hybridized carbons (Fsp3) is 0.500. The molecule has 0 spiro atoms. The summed E-state index contributed by atoms with van der Waals surface area (Å²) in [5, 5.41) is 8.77. The summed E-state index contributed by atoms with van der Waals surface area (Å²) in [7, 11) is -3.72. The van der Waals surface area contributed by atoms with E-state index in [1.54, 1.807) is 10.9 Å². The number of nitrogens with zero attached hydrogens (tertiary/aromatic N) is 2. The van der Waals surface area contributed by atoms with Crippen LogP contribution in [0.15, 0.2) is 17.3 Å². The highest BCUT2D eigenvalue weighted by atomic mass is 32.2. The first-order valence-corrected chi connectivity index (χ1v) is 7.04. The summed E-state index contributed by atoms with van der Waals surface area (Å²) >= 11 is 0. The van der Waals surface area contributed by atoms with Crippen LogP contribution in [0.5, 0.6) is 0 Å². The fourth-order valence-electron chi connectivity index (χ4n) is 1.67. The molecule has 1 saturated heterocycles. The van der Waals surface area contributed by atoms with E-state index in [0.717, 1.165) is 12.8 Å². The Kier molecular flexibility index (Phi) is 3.41. The molecule has 0 atom stereocenters. The van der Waals surface area contributed by atoms with Crippen molar-refractivity contribution in [2.24, 2.45) is 5.14 Å². The average Bonchev–Trinajstić information content (AvgIpc) is 2.89. The Labute approximate surface area is 106 Å². The van der Waals surface area contributed by atoms with Crippen molar-refractivity contribution in [3.05, 3.63) is 12.3 Å². The Morgan fingerprint density at radius 3 is 2.72 bits per heavy atom. The number of terminal acetylenes is 1. The summed E-state index contributed by atoms with van der Waals surface area (Å²) in [6.07, 6.45) is 9.09. The summed E-state index contributed by atoms with van der Waals surface area (Å²) in [6.45, 7) is 0.583. The van der Waals surface area contributed by atoms with E-state index in [0.29, 0.717) is 13.0 Å². The lowest BCUT2D eigenvalue weighted by molar-refractivity contribution is 0.448. The third kappa shape index (κ3) is 3.08. The molecule has 4 N–H and O–H groups in total. The number of rotatable bonds is 6. The van der Waals surface area contributed by atoms with Crippen molar-refractivity contribution in [1.82, 2.24) is 20.6 Å². The van der Waals surface area contributed by atoms with Gasteiger partial charge < -0.3 is 0 Å². The van der Waals surface area contributed by atoms with Crippen molar-refractivity contribution in [1.29, 1.82) is 0 Å². The quantitative estimate of drug-likeness (QED) is 0.458. The first kappa shape index (κ1) is 13.0. The molecule has 0 aliphatic carbocycles. The molecule has 0 aromatic carbocycles. The second-order valence-electron chi connectivity index (χ2n) is 4.25. The zero-order valence-electron chi connectivity index (χ0n) is 9.76. The van der Waals surface area contributed by atoms with Crippen LogP contribution in [0.25, 0.3) is 0 Å². The summed E-state index contributed by atoms with van der Waals surface area (Å²) < 4.78 is 23.7. The van der Waals surface area contributed by atoms with E-state index >= 15 is 0 Å². The summed E-state index contributed by atoms with van der Waals surface area (Å²) in [4.78, 5) is 0. The molecule has 0 unspecified atom stereocenters. The first-order chi connectivity index (χ1) is 8.45. The molecule has 1 aromatic heterocycles. The summed E-state index contributed by atoms with van der Waals surface area (Å²) in [6, 6.07) is 1.39. The molecule has 7 nitrogen and oxygen atoms in total. The Morgan fingerprint density at radius 1 is 1.50 bits per heavy atom. The van der Waals surface area contributed by atoms with Crippen molar-refractivity contribution >= 4 is 10.0 Å². The number of hydrogen-bond acceptors (Lipinski definition) is 5. The standard InChI is InChI=1S/C10H15N5O2S/c1-2-3-5-10(13-14-10)6-8-15-7-4-9(12-15)18(11,16)17/h1,4,7,13-14H,3,5-6,8H2,(H2,11,16,17). The average molecular weight is 269 g/mol. The number of primary sulfonamides is 1. The molecule has 2 heterocycles. The largest absolute Gasteiger partial charge is 0.271 e. The molecule has 2 rings (SSSR count). The number of hydrogen-bond donors (Lipinski definition) is 3. The van der Waals surface area contributed by atoms with Gasteiger partial charge in [0.15, 0.2) is 5.03 Å². The number of nitrogens with two attached hydrogens (primary N) is 1. The number of hydrazine groups is 1. The van der Waals surface area contributed by atoms with Crippen LogP contribution in [0.4, 0.5) is 0 Å². The number of aromatic nitrogens is 2. The van der Waals surface area contributed by atoms with E-state index in [1.165, 1.54) is 6.07 Å². The van der Waals surface area contributed by atoms with Crippen LogP contribution < -0.4 is 16.0 Å². The predicted octanol–water partition coefficient (Wildman–Crippen LogP) is -0.862. The van der Waals surface area contributed by atoms with Crippen molar-refractivity contribution in [2.75, 3.05) is 0 Å². The number of sulfonamides is 1. The molecule has 1 aromatic rings. The van der Waals surface area contributed by atoms with E-state index in [9.17, 15) is 8.42 Å². The van der Waals surface area contributed by atoms with Crippen LogP contribution >= 0.6 is 0 Å². The smallest absolute Gasteiger partial charge is 0.257 e. The monoisotopic (exact) mass is 269 g/mol. The molecule has 18 heavy (non-hydrogen) atoms. The molecule has 0 bridgehead atoms. The molecule has 1 fully saturated rings. The van der Waals surface area contributed by atoms with Crippen molar-refractivity contribution in [3.63, 3.8) is 0 Å². The second kappa shape index (κ2) is 4.70. The van der Waals surface area contributed by atoms with Crippen LogP contribution in [-0.4, -0.2) is 23.9 Å². The van der Waals surface area contributed by atoms with Gasteiger partial charge in [0.1, 0.15) is 0 Å². The van der Waals surface area contributed by atoms with Crippen LogP contribution in [0.2, 0.25) is 0 Å². The van der Waals surface area contributed by atoms with E-state index in [2.05, 4.69) is 21.9 Å². The van der Waals surface area contributed by atoms with E-state index in [1.807, 2.05) is 0 Å². The van der Waals surface area contributed by atoms with Gasteiger partial charge >= 0.3 is 0 Å². The van der Waals surface area contributed by atoms with E-state index in [4.69, 9.17) is 11.6 Å². The molecule has 0 amide bonds. The lowest BCUT2D eigenvalue weighted by Gasteiger charge is -2.09. The SMILES string of the molecule is C#CCCC1(CCn2ccc(S(N)(=O)=O)n2)NN1. The zero-order chi connectivity index (χ0) is 13.2. The molecule has 8 heteroatoms. The molecule has 1 aliphatic rings. The maximum absolute atomic E-state index is 11.1. The van der Waals surface area contributed by atoms with Gasteiger partial charge in [-0.1, -0.05) is 0 Å². The van der Waals surface area contributed by atoms with Gasteiger partial charge in [-0.2, -0.15) is 5.10 Å². The molecular weight excluding hydrogens is 254 g/mol. The third-order valence-corrected chi connectivity index (χ3v) is 3.65. The normalized spacial score (nSPS) is 17.3. The molecule has 0 saturated carbocycles. The zero-order valence-corrected chi connectivity index (χ0v) is 10.6. The molecule has 98 valence electrons. The van der Waals surface area contributed by atoms with Gasteiger partial charge in [0.25, 0.3) is 10.0 Å². The van der Waals surface area contributed by atoms with Crippen LogP contribution in [0.1, 0.15) is 19.3 Å². The Bertz CT molecular complexity index is 567. The topological polar surface area (TPSA) is 122 Å². The van der Waals surface area contributed by atoms with E-state index in [-0.39, 0.29) is 10.7 Å². The van der Waals surface area contributed by atoms with Gasteiger partial charge in [-0.3, -0.25) is 4.68 Å². The van der Waals surface area contributed by atoms with Crippen LogP contribution in [-0.2, 0) is 16.6 Å². The Balaban J connectivity index is 1.92. The van der Waals surface area contributed by atoms with E-state index < -0.39 is 10.0 Å². The second-order valence-corrected chi connectivity index (χ2v) is 5.76. The highest BCUT2D eigenvalue weighted by Gasteiger charge is 2.40. The van der Waals surface area contributed by atoms with Gasteiger partial charge in [0.2, 0.25) is 0 Å². The minimum atomic E-state index is -3.72. The third-order valence-electron chi connectivity index (χ3n) is 2.85. The molecular formula is C10H15N5O2S. The van der Waals surface area contributed by atoms with Crippen molar-refractivity contribution < 1.29 is 8.42 Å². The first-order valence-electron chi connectivity index (χ1n) is 5.49. The minimum absolute atomic E-state index is 0.114. The summed E-state index contributed by atoms with van der Waals surface area (Å²) in [5.41, 5.74) is 5.98. The van der Waals surface area contributed by atoms with Gasteiger partial charge in [-0.25, -0.2) is 24.4 Å². The highest BCUT2D eigenvalue weighted by molar-refractivity contribution is 7.89. The number of nitrogens with one attached hydrogen (secondary N) is 2. The highest BCUT2D eigenvalue weighted by Crippen LogP contribution is 2.22. The maximum atomic E-state index is 11.1. The van der Waals surface area contributed by atoms with Crippen LogP contribution in [0.3, 0.4) is 0 Å². The Morgan fingerprint density at radius 2 is 2.22 bits per heavy atom. The lowest BCUT2D eigenvalue weighted by Crippen LogP contribution is -2.20. The van der Waals surface area contributed by atoms with Crippen molar-refractivity contribution in [2.45, 2.75) is 36.5 Å². The van der Waals surface area contributed by atoms with Gasteiger partial charge in [0.05, 0.1) is 5.66 Å². The fourth-order valence-corrected chi connectivity index (χ4v) is 2.14. The maximum Gasteiger partial charge on any atom is 0.257 e. The molecule has 0 radical (unpaired) electrons. The van der Waals surface area contributed by atoms with Gasteiger partial charge in [0, 0.05) is 25.6 Å². The lowest BCUT2D eigenvalue weighted by atomic mass is 10.1. The number of aryl methyl sites for hydroxylation is 1. The van der Waals surface area contributed by atoms with Gasteiger partial charge in [-0.05, 0) is 12.5 Å². The summed E-state index contributed by atoms with van der Waals surface area (Å²) in [5.74, 6) is 2.59. The molecule has 1 aliphatic heterocycles. The Hall–Kier alpha value is -1.40. The van der Waals surface area contributed by atoms with Crippen molar-refractivity contribution in [3.8, 4) is 12.3 Å². The van der Waals surface area contributed by atoms with Crippen LogP contribution in [0, 0.1) is 12.3 Å². The minimum Gasteiger partial charge on any atom is -0.271 e.